The molecule has 0 aliphatic heterocycles. The molecule has 0 fully saturated rings. The first-order valence-electron chi connectivity index (χ1n) is 28.9. The van der Waals surface area contributed by atoms with Crippen LogP contribution in [0.15, 0.2) is 48.6 Å². The van der Waals surface area contributed by atoms with Crippen molar-refractivity contribution in [3.8, 4) is 0 Å². The number of aliphatic hydroxyl groups is 2. The Morgan fingerprint density at radius 1 is 0.424 bits per heavy atom. The molecule has 0 radical (unpaired) electrons. The number of hydrogen-bond donors (Lipinski definition) is 3. The van der Waals surface area contributed by atoms with E-state index in [1.54, 1.807) is 6.08 Å². The highest BCUT2D eigenvalue weighted by Gasteiger charge is 2.18. The van der Waals surface area contributed by atoms with Gasteiger partial charge in [0.05, 0.1) is 25.4 Å². The first-order valence-corrected chi connectivity index (χ1v) is 28.9. The number of esters is 1. The summed E-state index contributed by atoms with van der Waals surface area (Å²) in [7, 11) is 0. The van der Waals surface area contributed by atoms with Gasteiger partial charge < -0.3 is 20.3 Å². The third-order valence-electron chi connectivity index (χ3n) is 13.0. The minimum Gasteiger partial charge on any atom is -0.466 e. The zero-order valence-electron chi connectivity index (χ0n) is 43.9. The van der Waals surface area contributed by atoms with Crippen LogP contribution < -0.4 is 5.32 Å². The van der Waals surface area contributed by atoms with Crippen molar-refractivity contribution in [2.45, 2.75) is 309 Å². The number of nitrogens with one attached hydrogen (secondary N) is 1. The predicted octanol–water partition coefficient (Wildman–Crippen LogP) is 17.8. The van der Waals surface area contributed by atoms with Crippen LogP contribution in [0.5, 0.6) is 0 Å². The van der Waals surface area contributed by atoms with Gasteiger partial charge in [-0.05, 0) is 83.5 Å². The average molecular weight is 927 g/mol. The van der Waals surface area contributed by atoms with Gasteiger partial charge in [0.1, 0.15) is 0 Å². The summed E-state index contributed by atoms with van der Waals surface area (Å²) < 4.78 is 5.46. The monoisotopic (exact) mass is 926 g/mol. The van der Waals surface area contributed by atoms with Crippen molar-refractivity contribution in [3.63, 3.8) is 0 Å². The van der Waals surface area contributed by atoms with Crippen molar-refractivity contribution in [2.24, 2.45) is 0 Å². The minimum atomic E-state index is -0.845. The Bertz CT molecular complexity index is 1110. The zero-order chi connectivity index (χ0) is 47.9. The van der Waals surface area contributed by atoms with Gasteiger partial charge in [0, 0.05) is 12.8 Å². The van der Waals surface area contributed by atoms with Crippen molar-refractivity contribution in [1.82, 2.24) is 5.32 Å². The predicted molar refractivity (Wildman–Crippen MR) is 287 cm³/mol. The molecule has 0 heterocycles. The first kappa shape index (κ1) is 63.8. The summed E-state index contributed by atoms with van der Waals surface area (Å²) in [4.78, 5) is 24.4. The molecule has 0 spiro atoms. The minimum absolute atomic E-state index is 0.00308. The van der Waals surface area contributed by atoms with Crippen LogP contribution >= 0.6 is 0 Å². The van der Waals surface area contributed by atoms with E-state index in [0.717, 1.165) is 51.4 Å². The molecule has 0 aliphatic rings. The number of unbranched alkanes of at least 4 members (excludes halogenated alkanes) is 36. The standard InChI is InChI=1S/C60H111NO5/c1-3-5-7-9-11-13-15-29-34-38-42-46-50-54-60(65)66-55-51-47-43-39-35-31-28-26-24-22-20-18-16-17-19-21-23-25-27-30-33-37-41-45-49-53-59(64)61-57(56-62)58(63)52-48-44-40-36-32-14-12-10-8-6-4-2/h7,9,13,15,17,19,48,52,57-58,62-63H,3-6,8,10-12,14,16,18,20-47,49-51,53-56H2,1-2H3,(H,61,64)/b9-7-,15-13-,19-17-,52-48+. The van der Waals surface area contributed by atoms with E-state index in [2.05, 4.69) is 55.6 Å². The Morgan fingerprint density at radius 2 is 0.788 bits per heavy atom. The molecule has 0 aromatic heterocycles. The van der Waals surface area contributed by atoms with Gasteiger partial charge >= 0.3 is 5.97 Å². The molecule has 6 heteroatoms. The number of ether oxygens (including phenoxy) is 1. The maximum atomic E-state index is 12.4. The van der Waals surface area contributed by atoms with E-state index in [1.165, 1.54) is 218 Å². The third-order valence-corrected chi connectivity index (χ3v) is 13.0. The summed E-state index contributed by atoms with van der Waals surface area (Å²) in [5, 5.41) is 23.0. The van der Waals surface area contributed by atoms with E-state index in [0.29, 0.717) is 19.4 Å². The number of rotatable bonds is 53. The molecule has 0 aromatic rings. The van der Waals surface area contributed by atoms with E-state index in [9.17, 15) is 19.8 Å². The summed E-state index contributed by atoms with van der Waals surface area (Å²) in [6.45, 7) is 4.82. The Kier molecular flexibility index (Phi) is 53.6. The fraction of sp³-hybridized carbons (Fsp3) is 0.833. The zero-order valence-corrected chi connectivity index (χ0v) is 43.9. The summed E-state index contributed by atoms with van der Waals surface area (Å²) in [6, 6.07) is -0.629. The molecule has 3 N–H and O–H groups in total. The number of hydrogen-bond acceptors (Lipinski definition) is 5. The number of carbonyl (C=O) groups excluding carboxylic acids is 2. The molecule has 2 unspecified atom stereocenters. The van der Waals surface area contributed by atoms with Gasteiger partial charge in [0.25, 0.3) is 0 Å². The molecule has 2 atom stereocenters. The van der Waals surface area contributed by atoms with Crippen LogP contribution in [0.1, 0.15) is 296 Å². The number of carbonyl (C=O) groups is 2. The molecule has 0 bridgehead atoms. The second-order valence-electron chi connectivity index (χ2n) is 19.6. The van der Waals surface area contributed by atoms with Crippen LogP contribution in [0.4, 0.5) is 0 Å². The third kappa shape index (κ3) is 51.2. The van der Waals surface area contributed by atoms with Crippen molar-refractivity contribution in [1.29, 1.82) is 0 Å². The average Bonchev–Trinajstić information content (AvgIpc) is 3.32. The molecule has 0 aromatic carbocycles. The van der Waals surface area contributed by atoms with E-state index < -0.39 is 12.1 Å². The lowest BCUT2D eigenvalue weighted by Crippen LogP contribution is -2.45. The molecule has 386 valence electrons. The Morgan fingerprint density at radius 3 is 1.23 bits per heavy atom. The van der Waals surface area contributed by atoms with Crippen molar-refractivity contribution in [3.05, 3.63) is 48.6 Å². The number of allylic oxidation sites excluding steroid dienone is 7. The Labute approximate surface area is 410 Å². The second kappa shape index (κ2) is 55.4. The molecule has 0 saturated carbocycles. The Balaban J connectivity index is 3.41. The van der Waals surface area contributed by atoms with Gasteiger partial charge in [-0.1, -0.05) is 249 Å². The molecule has 0 rings (SSSR count). The van der Waals surface area contributed by atoms with Crippen LogP contribution in [0, 0.1) is 0 Å². The van der Waals surface area contributed by atoms with Gasteiger partial charge in [-0.15, -0.1) is 0 Å². The SMILES string of the molecule is CCC/C=C\C/C=C\CCCCCCCC(=O)OCCCCCCCCCCCCCC/C=C\CCCCCCCCCCCC(=O)NC(CO)C(O)/C=C/CCCCCCCCCCC. The highest BCUT2D eigenvalue weighted by Crippen LogP contribution is 2.16. The molecular formula is C60H111NO5. The molecule has 66 heavy (non-hydrogen) atoms. The lowest BCUT2D eigenvalue weighted by Gasteiger charge is -2.20. The number of amides is 1. The van der Waals surface area contributed by atoms with Gasteiger partial charge in [0.15, 0.2) is 0 Å². The van der Waals surface area contributed by atoms with Crippen molar-refractivity contribution < 1.29 is 24.5 Å². The maximum Gasteiger partial charge on any atom is 0.305 e. The topological polar surface area (TPSA) is 95.9 Å². The van der Waals surface area contributed by atoms with Gasteiger partial charge in [-0.2, -0.15) is 0 Å². The quantitative estimate of drug-likeness (QED) is 0.0321. The highest BCUT2D eigenvalue weighted by molar-refractivity contribution is 5.76. The van der Waals surface area contributed by atoms with E-state index in [-0.39, 0.29) is 18.5 Å². The van der Waals surface area contributed by atoms with E-state index in [4.69, 9.17) is 4.74 Å². The molecule has 0 saturated heterocycles. The smallest absolute Gasteiger partial charge is 0.305 e. The molecular weight excluding hydrogens is 815 g/mol. The van der Waals surface area contributed by atoms with Crippen molar-refractivity contribution >= 4 is 11.9 Å². The first-order chi connectivity index (χ1) is 32.5. The van der Waals surface area contributed by atoms with Crippen LogP contribution in [0.3, 0.4) is 0 Å². The van der Waals surface area contributed by atoms with E-state index >= 15 is 0 Å². The maximum absolute atomic E-state index is 12.4. The van der Waals surface area contributed by atoms with E-state index in [1.807, 2.05) is 6.08 Å². The lowest BCUT2D eigenvalue weighted by molar-refractivity contribution is -0.143. The van der Waals surface area contributed by atoms with Gasteiger partial charge in [-0.3, -0.25) is 9.59 Å². The van der Waals surface area contributed by atoms with Crippen LogP contribution in [-0.2, 0) is 14.3 Å². The molecule has 0 aliphatic carbocycles. The van der Waals surface area contributed by atoms with Crippen molar-refractivity contribution in [2.75, 3.05) is 13.2 Å². The largest absolute Gasteiger partial charge is 0.466 e. The fourth-order valence-electron chi connectivity index (χ4n) is 8.61. The number of aliphatic hydroxyl groups excluding tert-OH is 2. The van der Waals surface area contributed by atoms with Crippen LogP contribution in [0.2, 0.25) is 0 Å². The second-order valence-corrected chi connectivity index (χ2v) is 19.6. The normalized spacial score (nSPS) is 13.0. The van der Waals surface area contributed by atoms with Crippen LogP contribution in [0.25, 0.3) is 0 Å². The van der Waals surface area contributed by atoms with Crippen LogP contribution in [-0.4, -0.2) is 47.4 Å². The summed E-state index contributed by atoms with van der Waals surface area (Å²) in [6.07, 6.45) is 70.0. The molecule has 1 amide bonds. The van der Waals surface area contributed by atoms with Gasteiger partial charge in [0.2, 0.25) is 5.91 Å². The highest BCUT2D eigenvalue weighted by atomic mass is 16.5. The summed E-state index contributed by atoms with van der Waals surface area (Å²) >= 11 is 0. The Hall–Kier alpha value is -2.18. The lowest BCUT2D eigenvalue weighted by atomic mass is 10.0. The summed E-state index contributed by atoms with van der Waals surface area (Å²) in [5.41, 5.74) is 0. The summed E-state index contributed by atoms with van der Waals surface area (Å²) in [5.74, 6) is -0.0760. The molecule has 6 nitrogen and oxygen atoms in total. The fourth-order valence-corrected chi connectivity index (χ4v) is 8.61. The van der Waals surface area contributed by atoms with Gasteiger partial charge in [-0.25, -0.2) is 0 Å².